The SMILES string of the molecule is COc1cc(OC)cc(C(=O)N2CCC(C(=O)NC(C)c3cc4cccc(OC)c4o3)CC2)c1. The van der Waals surface area contributed by atoms with E-state index < -0.39 is 0 Å². The lowest BCUT2D eigenvalue weighted by molar-refractivity contribution is -0.127. The first kappa shape index (κ1) is 23.5. The number of hydrogen-bond donors (Lipinski definition) is 1. The van der Waals surface area contributed by atoms with Crippen LogP contribution in [0.1, 0.15) is 41.9 Å². The summed E-state index contributed by atoms with van der Waals surface area (Å²) in [7, 11) is 4.70. The number of para-hydroxylation sites is 1. The van der Waals surface area contributed by atoms with Crippen LogP contribution < -0.4 is 19.5 Å². The zero-order valence-corrected chi connectivity index (χ0v) is 19.9. The average molecular weight is 467 g/mol. The van der Waals surface area contributed by atoms with Crippen LogP contribution in [0, 0.1) is 5.92 Å². The van der Waals surface area contributed by atoms with E-state index in [4.69, 9.17) is 18.6 Å². The summed E-state index contributed by atoms with van der Waals surface area (Å²) in [6.45, 7) is 2.91. The Bertz CT molecular complexity index is 1160. The normalized spacial score (nSPS) is 15.1. The molecule has 1 atom stereocenters. The smallest absolute Gasteiger partial charge is 0.254 e. The lowest BCUT2D eigenvalue weighted by Crippen LogP contribution is -2.43. The number of nitrogens with one attached hydrogen (secondary N) is 1. The van der Waals surface area contributed by atoms with Gasteiger partial charge in [-0.05, 0) is 44.0 Å². The highest BCUT2D eigenvalue weighted by molar-refractivity contribution is 5.95. The van der Waals surface area contributed by atoms with E-state index in [1.807, 2.05) is 31.2 Å². The van der Waals surface area contributed by atoms with E-state index in [-0.39, 0.29) is 23.8 Å². The van der Waals surface area contributed by atoms with E-state index in [0.29, 0.717) is 60.1 Å². The molecule has 1 saturated heterocycles. The molecule has 8 nitrogen and oxygen atoms in total. The molecule has 1 aliphatic rings. The number of nitrogens with zero attached hydrogens (tertiary/aromatic N) is 1. The third kappa shape index (κ3) is 4.81. The minimum absolute atomic E-state index is 0.0323. The fourth-order valence-electron chi connectivity index (χ4n) is 4.29. The maximum absolute atomic E-state index is 13.0. The maximum atomic E-state index is 13.0. The van der Waals surface area contributed by atoms with Crippen molar-refractivity contribution in [3.63, 3.8) is 0 Å². The number of likely N-dealkylation sites (tertiary alicyclic amines) is 1. The molecule has 2 aromatic carbocycles. The third-order valence-corrected chi connectivity index (χ3v) is 6.28. The number of ether oxygens (including phenoxy) is 3. The number of fused-ring (bicyclic) bond motifs is 1. The fourth-order valence-corrected chi connectivity index (χ4v) is 4.29. The molecule has 0 spiro atoms. The molecule has 1 unspecified atom stereocenters. The predicted molar refractivity (Wildman–Crippen MR) is 127 cm³/mol. The number of methoxy groups -OCH3 is 3. The molecule has 2 heterocycles. The lowest BCUT2D eigenvalue weighted by Gasteiger charge is -2.32. The summed E-state index contributed by atoms with van der Waals surface area (Å²) < 4.78 is 21.9. The van der Waals surface area contributed by atoms with Crippen LogP contribution in [0.25, 0.3) is 11.0 Å². The molecule has 180 valence electrons. The van der Waals surface area contributed by atoms with Gasteiger partial charge in [0.05, 0.1) is 27.4 Å². The molecule has 0 aliphatic carbocycles. The highest BCUT2D eigenvalue weighted by Gasteiger charge is 2.29. The number of furan rings is 1. The van der Waals surface area contributed by atoms with Gasteiger partial charge in [-0.2, -0.15) is 0 Å². The molecule has 0 radical (unpaired) electrons. The lowest BCUT2D eigenvalue weighted by atomic mass is 9.95. The van der Waals surface area contributed by atoms with Crippen molar-refractivity contribution in [3.05, 3.63) is 53.8 Å². The standard InChI is InChI=1S/C26H30N2O6/c1-16(23-14-18-6-5-7-22(33-4)24(18)34-23)27-25(29)17-8-10-28(11-9-17)26(30)19-12-20(31-2)15-21(13-19)32-3/h5-7,12-17H,8-11H2,1-4H3,(H,27,29). The number of carbonyl (C=O) groups is 2. The summed E-state index contributed by atoms with van der Waals surface area (Å²) in [5, 5.41) is 3.99. The van der Waals surface area contributed by atoms with Gasteiger partial charge in [0.1, 0.15) is 17.3 Å². The number of amides is 2. The predicted octanol–water partition coefficient (Wildman–Crippen LogP) is 4.19. The molecule has 4 rings (SSSR count). The average Bonchev–Trinajstić information content (AvgIpc) is 3.32. The summed E-state index contributed by atoms with van der Waals surface area (Å²) >= 11 is 0. The molecule has 8 heteroatoms. The third-order valence-electron chi connectivity index (χ3n) is 6.28. The number of benzene rings is 2. The fraction of sp³-hybridized carbons (Fsp3) is 0.385. The zero-order valence-electron chi connectivity index (χ0n) is 19.9. The molecule has 1 N–H and O–H groups in total. The quantitative estimate of drug-likeness (QED) is 0.562. The van der Waals surface area contributed by atoms with Gasteiger partial charge in [0, 0.05) is 36.0 Å². The van der Waals surface area contributed by atoms with E-state index >= 15 is 0 Å². The Balaban J connectivity index is 1.36. The van der Waals surface area contributed by atoms with E-state index in [9.17, 15) is 9.59 Å². The van der Waals surface area contributed by atoms with E-state index in [2.05, 4.69) is 5.32 Å². The van der Waals surface area contributed by atoms with Gasteiger partial charge in [-0.25, -0.2) is 0 Å². The van der Waals surface area contributed by atoms with Crippen LogP contribution in [0.5, 0.6) is 17.2 Å². The van der Waals surface area contributed by atoms with Crippen LogP contribution in [-0.2, 0) is 4.79 Å². The van der Waals surface area contributed by atoms with Gasteiger partial charge in [0.2, 0.25) is 5.91 Å². The summed E-state index contributed by atoms with van der Waals surface area (Å²) in [5.41, 5.74) is 1.18. The van der Waals surface area contributed by atoms with Crippen molar-refractivity contribution in [2.75, 3.05) is 34.4 Å². The van der Waals surface area contributed by atoms with Gasteiger partial charge in [-0.1, -0.05) is 12.1 Å². The maximum Gasteiger partial charge on any atom is 0.254 e. The molecule has 3 aromatic rings. The minimum atomic E-state index is -0.284. The summed E-state index contributed by atoms with van der Waals surface area (Å²) in [4.78, 5) is 27.7. The molecule has 0 saturated carbocycles. The van der Waals surface area contributed by atoms with E-state index in [0.717, 1.165) is 5.39 Å². The Hall–Kier alpha value is -3.68. The summed E-state index contributed by atoms with van der Waals surface area (Å²) in [6, 6.07) is 12.5. The number of rotatable bonds is 7. The van der Waals surface area contributed by atoms with Crippen molar-refractivity contribution in [2.45, 2.75) is 25.8 Å². The Morgan fingerprint density at radius 2 is 1.68 bits per heavy atom. The Morgan fingerprint density at radius 1 is 1.00 bits per heavy atom. The van der Waals surface area contributed by atoms with Crippen molar-refractivity contribution >= 4 is 22.8 Å². The molecular weight excluding hydrogens is 436 g/mol. The Morgan fingerprint density at radius 3 is 2.29 bits per heavy atom. The minimum Gasteiger partial charge on any atom is -0.497 e. The number of carbonyl (C=O) groups excluding carboxylic acids is 2. The first-order valence-corrected chi connectivity index (χ1v) is 11.3. The highest BCUT2D eigenvalue weighted by Crippen LogP contribution is 2.31. The topological polar surface area (TPSA) is 90.2 Å². The molecular formula is C26H30N2O6. The molecule has 1 aromatic heterocycles. The Labute approximate surface area is 198 Å². The molecule has 2 amide bonds. The van der Waals surface area contributed by atoms with Crippen LogP contribution in [0.4, 0.5) is 0 Å². The van der Waals surface area contributed by atoms with E-state index in [1.165, 1.54) is 0 Å². The van der Waals surface area contributed by atoms with Gasteiger partial charge >= 0.3 is 0 Å². The zero-order chi connectivity index (χ0) is 24.2. The van der Waals surface area contributed by atoms with Crippen LogP contribution in [0.3, 0.4) is 0 Å². The van der Waals surface area contributed by atoms with Crippen molar-refractivity contribution < 1.29 is 28.2 Å². The van der Waals surface area contributed by atoms with Gasteiger partial charge in [-0.15, -0.1) is 0 Å². The second-order valence-electron chi connectivity index (χ2n) is 8.43. The van der Waals surface area contributed by atoms with Gasteiger partial charge < -0.3 is 28.8 Å². The largest absolute Gasteiger partial charge is 0.497 e. The van der Waals surface area contributed by atoms with Crippen molar-refractivity contribution in [3.8, 4) is 17.2 Å². The van der Waals surface area contributed by atoms with Crippen LogP contribution >= 0.6 is 0 Å². The first-order valence-electron chi connectivity index (χ1n) is 11.3. The number of hydrogen-bond acceptors (Lipinski definition) is 6. The molecule has 0 bridgehead atoms. The number of piperidine rings is 1. The summed E-state index contributed by atoms with van der Waals surface area (Å²) in [6.07, 6.45) is 1.19. The molecule has 34 heavy (non-hydrogen) atoms. The van der Waals surface area contributed by atoms with Crippen molar-refractivity contribution in [2.24, 2.45) is 5.92 Å². The van der Waals surface area contributed by atoms with E-state index in [1.54, 1.807) is 44.4 Å². The summed E-state index contributed by atoms with van der Waals surface area (Å²) in [5.74, 6) is 2.17. The van der Waals surface area contributed by atoms with Crippen LogP contribution in [-0.4, -0.2) is 51.1 Å². The first-order chi connectivity index (χ1) is 16.4. The van der Waals surface area contributed by atoms with Crippen LogP contribution in [0.15, 0.2) is 46.9 Å². The molecule has 1 aliphatic heterocycles. The monoisotopic (exact) mass is 466 g/mol. The van der Waals surface area contributed by atoms with Gasteiger partial charge in [-0.3, -0.25) is 9.59 Å². The highest BCUT2D eigenvalue weighted by atomic mass is 16.5. The van der Waals surface area contributed by atoms with Crippen molar-refractivity contribution in [1.82, 2.24) is 10.2 Å². The van der Waals surface area contributed by atoms with Crippen LogP contribution in [0.2, 0.25) is 0 Å². The van der Waals surface area contributed by atoms with Crippen molar-refractivity contribution in [1.29, 1.82) is 0 Å². The van der Waals surface area contributed by atoms with Gasteiger partial charge in [0.25, 0.3) is 5.91 Å². The molecule has 1 fully saturated rings. The Kier molecular flexibility index (Phi) is 6.95. The second-order valence-corrected chi connectivity index (χ2v) is 8.43. The second kappa shape index (κ2) is 10.1. The van der Waals surface area contributed by atoms with Gasteiger partial charge in [0.15, 0.2) is 11.3 Å².